The highest BCUT2D eigenvalue weighted by Crippen LogP contribution is 2.53. The Balaban J connectivity index is 1.33. The predicted octanol–water partition coefficient (Wildman–Crippen LogP) is 3.27. The number of ether oxygens (including phenoxy) is 2. The first kappa shape index (κ1) is 18.7. The largest absolute Gasteiger partial charge is 0.494 e. The summed E-state index contributed by atoms with van der Waals surface area (Å²) in [5.41, 5.74) is 2.48. The molecule has 7 nitrogen and oxygen atoms in total. The van der Waals surface area contributed by atoms with Crippen molar-refractivity contribution in [3.63, 3.8) is 0 Å². The third-order valence-corrected chi connectivity index (χ3v) is 5.76. The van der Waals surface area contributed by atoms with Crippen molar-refractivity contribution in [1.82, 2.24) is 5.06 Å². The minimum absolute atomic E-state index is 0.0981. The normalized spacial score (nSPS) is 23.7. The van der Waals surface area contributed by atoms with Crippen LogP contribution in [0.4, 0.5) is 0 Å². The van der Waals surface area contributed by atoms with E-state index in [1.165, 1.54) is 0 Å². The van der Waals surface area contributed by atoms with E-state index in [9.17, 15) is 14.4 Å². The number of fused-ring (bicyclic) bond motifs is 2. The number of nitrogens with zero attached hydrogens (tertiary/aromatic N) is 1. The van der Waals surface area contributed by atoms with Gasteiger partial charge >= 0.3 is 5.97 Å². The van der Waals surface area contributed by atoms with E-state index >= 15 is 0 Å². The number of imide groups is 1. The zero-order valence-corrected chi connectivity index (χ0v) is 16.7. The van der Waals surface area contributed by atoms with E-state index in [-0.39, 0.29) is 23.1 Å². The highest BCUT2D eigenvalue weighted by molar-refractivity contribution is 6.20. The highest BCUT2D eigenvalue weighted by atomic mass is 16.7. The van der Waals surface area contributed by atoms with Gasteiger partial charge in [0, 0.05) is 23.5 Å². The van der Waals surface area contributed by atoms with Gasteiger partial charge in [-0.3, -0.25) is 9.59 Å². The first-order valence-electron chi connectivity index (χ1n) is 10.1. The van der Waals surface area contributed by atoms with Crippen LogP contribution in [0.1, 0.15) is 58.0 Å². The zero-order valence-electron chi connectivity index (χ0n) is 16.7. The summed E-state index contributed by atoms with van der Waals surface area (Å²) in [5, 5.41) is 0.569. The quantitative estimate of drug-likeness (QED) is 0.708. The van der Waals surface area contributed by atoms with Crippen LogP contribution >= 0.6 is 0 Å². The Bertz CT molecular complexity index is 1040. The average Bonchev–Trinajstić information content (AvgIpc) is 3.40. The van der Waals surface area contributed by atoms with Gasteiger partial charge in [0.1, 0.15) is 17.6 Å². The molecule has 3 aliphatic rings. The van der Waals surface area contributed by atoms with Gasteiger partial charge in [-0.25, -0.2) is 4.79 Å². The third-order valence-electron chi connectivity index (χ3n) is 5.76. The van der Waals surface area contributed by atoms with Gasteiger partial charge in [0.25, 0.3) is 11.8 Å². The van der Waals surface area contributed by atoms with Crippen molar-refractivity contribution >= 4 is 17.8 Å². The first-order valence-corrected chi connectivity index (χ1v) is 10.1. The molecule has 0 aromatic heterocycles. The van der Waals surface area contributed by atoms with E-state index in [0.717, 1.165) is 29.0 Å². The molecule has 0 spiro atoms. The number of hydrogen-bond acceptors (Lipinski definition) is 6. The maximum atomic E-state index is 12.7. The van der Waals surface area contributed by atoms with Gasteiger partial charge in [0.05, 0.1) is 23.7 Å². The minimum atomic E-state index is -0.615. The second-order valence-electron chi connectivity index (χ2n) is 7.87. The van der Waals surface area contributed by atoms with Crippen LogP contribution in [0.3, 0.4) is 0 Å². The summed E-state index contributed by atoms with van der Waals surface area (Å²) in [4.78, 5) is 42.8. The summed E-state index contributed by atoms with van der Waals surface area (Å²) in [7, 11) is 0. The topological polar surface area (TPSA) is 82.1 Å². The summed E-state index contributed by atoms with van der Waals surface area (Å²) < 4.78 is 11.7. The summed E-state index contributed by atoms with van der Waals surface area (Å²) in [6, 6.07) is 10.4. The lowest BCUT2D eigenvalue weighted by Crippen LogP contribution is -2.33. The smallest absolute Gasteiger partial charge is 0.336 e. The Morgan fingerprint density at radius 1 is 1.17 bits per heavy atom. The van der Waals surface area contributed by atoms with Crippen molar-refractivity contribution in [2.45, 2.75) is 38.7 Å². The molecule has 1 fully saturated rings. The molecule has 0 N–H and O–H groups in total. The molecule has 2 heterocycles. The third kappa shape index (κ3) is 2.93. The molecule has 2 aromatic rings. The van der Waals surface area contributed by atoms with Gasteiger partial charge in [0.2, 0.25) is 0 Å². The van der Waals surface area contributed by atoms with E-state index in [0.29, 0.717) is 18.1 Å². The molecule has 5 rings (SSSR count). The van der Waals surface area contributed by atoms with Gasteiger partial charge in [-0.1, -0.05) is 17.2 Å². The van der Waals surface area contributed by atoms with Gasteiger partial charge in [-0.05, 0) is 44.5 Å². The molecule has 2 amide bonds. The van der Waals surface area contributed by atoms with Crippen molar-refractivity contribution in [1.29, 1.82) is 0 Å². The number of rotatable bonds is 5. The molecule has 3 atom stereocenters. The summed E-state index contributed by atoms with van der Waals surface area (Å²) in [6.07, 6.45) is 1.50. The molecule has 1 aliphatic carbocycles. The summed E-state index contributed by atoms with van der Waals surface area (Å²) in [5.74, 6) is -0.793. The Hall–Kier alpha value is -3.35. The number of carbonyl (C=O) groups is 3. The minimum Gasteiger partial charge on any atom is -0.494 e. The molecule has 1 saturated carbocycles. The van der Waals surface area contributed by atoms with E-state index in [2.05, 4.69) is 0 Å². The lowest BCUT2D eigenvalue weighted by molar-refractivity contribution is -0.170. The van der Waals surface area contributed by atoms with Crippen LogP contribution < -0.4 is 9.47 Å². The van der Waals surface area contributed by atoms with Gasteiger partial charge in [-0.15, -0.1) is 0 Å². The van der Waals surface area contributed by atoms with E-state index in [1.54, 1.807) is 24.3 Å². The van der Waals surface area contributed by atoms with Crippen LogP contribution in [0, 0.1) is 5.92 Å². The maximum absolute atomic E-state index is 12.7. The Labute approximate surface area is 173 Å². The fraction of sp³-hybridized carbons (Fsp3) is 0.348. The number of amides is 2. The number of carbonyl (C=O) groups excluding carboxylic acids is 3. The van der Waals surface area contributed by atoms with Crippen LogP contribution in [0.5, 0.6) is 11.5 Å². The monoisotopic (exact) mass is 407 g/mol. The summed E-state index contributed by atoms with van der Waals surface area (Å²) >= 11 is 0. The molecule has 0 saturated heterocycles. The number of benzene rings is 2. The van der Waals surface area contributed by atoms with E-state index in [4.69, 9.17) is 14.3 Å². The molecule has 154 valence electrons. The lowest BCUT2D eigenvalue weighted by Gasteiger charge is -2.14. The van der Waals surface area contributed by atoms with Gasteiger partial charge < -0.3 is 14.3 Å². The highest BCUT2D eigenvalue weighted by Gasteiger charge is 2.50. The molecule has 30 heavy (non-hydrogen) atoms. The molecule has 1 unspecified atom stereocenters. The predicted molar refractivity (Wildman–Crippen MR) is 105 cm³/mol. The zero-order chi connectivity index (χ0) is 21.0. The molecule has 2 aliphatic heterocycles. The van der Waals surface area contributed by atoms with Crippen molar-refractivity contribution < 1.29 is 28.7 Å². The standard InChI is InChI=1S/C23H21NO6/c1-3-28-20-9-13-8-12(2)29-19(13)11-17(20)16-10-18(16)23(27)30-24-21(25)14-6-4-5-7-15(14)22(24)26/h4-7,9,11-12,16,18H,3,8,10H2,1-2H3/t12?,16-,18+/m0/s1. The van der Waals surface area contributed by atoms with E-state index < -0.39 is 23.7 Å². The van der Waals surface area contributed by atoms with Gasteiger partial charge in [0.15, 0.2) is 0 Å². The van der Waals surface area contributed by atoms with Crippen LogP contribution in [0.15, 0.2) is 36.4 Å². The van der Waals surface area contributed by atoms with Crippen LogP contribution in [0.25, 0.3) is 0 Å². The summed E-state index contributed by atoms with van der Waals surface area (Å²) in [6.45, 7) is 4.44. The first-order chi connectivity index (χ1) is 14.5. The Morgan fingerprint density at radius 3 is 2.53 bits per heavy atom. The van der Waals surface area contributed by atoms with Crippen molar-refractivity contribution in [3.05, 3.63) is 58.7 Å². The lowest BCUT2D eigenvalue weighted by atomic mass is 10.0. The second kappa shape index (κ2) is 6.86. The van der Waals surface area contributed by atoms with Crippen molar-refractivity contribution in [3.8, 4) is 11.5 Å². The Morgan fingerprint density at radius 2 is 1.87 bits per heavy atom. The second-order valence-corrected chi connectivity index (χ2v) is 7.87. The van der Waals surface area contributed by atoms with Crippen molar-refractivity contribution in [2.24, 2.45) is 5.92 Å². The molecular weight excluding hydrogens is 386 g/mol. The molecule has 7 heteroatoms. The molecular formula is C23H21NO6. The van der Waals surface area contributed by atoms with Crippen molar-refractivity contribution in [2.75, 3.05) is 6.61 Å². The fourth-order valence-corrected chi connectivity index (χ4v) is 4.23. The fourth-order valence-electron chi connectivity index (χ4n) is 4.23. The number of hydroxylamine groups is 2. The average molecular weight is 407 g/mol. The Kier molecular flexibility index (Phi) is 4.27. The SMILES string of the molecule is CCOc1cc2c(cc1[C@@H]1C[C@H]1C(=O)ON1C(=O)c3ccccc3C1=O)OC(C)C2. The van der Waals surface area contributed by atoms with E-state index in [1.807, 2.05) is 26.0 Å². The maximum Gasteiger partial charge on any atom is 0.336 e. The molecule has 0 radical (unpaired) electrons. The van der Waals surface area contributed by atoms with Crippen LogP contribution in [-0.2, 0) is 16.1 Å². The molecule has 0 bridgehead atoms. The molecule has 2 aromatic carbocycles. The van der Waals surface area contributed by atoms with Crippen LogP contribution in [0.2, 0.25) is 0 Å². The van der Waals surface area contributed by atoms with Crippen LogP contribution in [-0.4, -0.2) is 35.6 Å². The number of hydrogen-bond donors (Lipinski definition) is 0. The van der Waals surface area contributed by atoms with Gasteiger partial charge in [-0.2, -0.15) is 0 Å².